The van der Waals surface area contributed by atoms with Crippen LogP contribution in [0.4, 0.5) is 5.69 Å². The summed E-state index contributed by atoms with van der Waals surface area (Å²) < 4.78 is 11.4. The molecule has 0 heterocycles. The van der Waals surface area contributed by atoms with E-state index < -0.39 is 0 Å². The predicted molar refractivity (Wildman–Crippen MR) is 87.4 cm³/mol. The molecule has 3 nitrogen and oxygen atoms in total. The molecule has 0 unspecified atom stereocenters. The summed E-state index contributed by atoms with van der Waals surface area (Å²) >= 11 is 0. The maximum absolute atomic E-state index is 5.75. The fraction of sp³-hybridized carbons (Fsp3) is 0.333. The van der Waals surface area contributed by atoms with Gasteiger partial charge in [-0.2, -0.15) is 0 Å². The lowest BCUT2D eigenvalue weighted by Crippen LogP contribution is -2.12. The number of hydrogen-bond acceptors (Lipinski definition) is 3. The van der Waals surface area contributed by atoms with Crippen molar-refractivity contribution in [2.75, 3.05) is 18.5 Å². The van der Waals surface area contributed by atoms with Crippen LogP contribution in [-0.4, -0.2) is 19.3 Å². The third-order valence-electron chi connectivity index (χ3n) is 3.01. The molecule has 0 saturated heterocycles. The molecule has 112 valence electrons. The molecule has 0 atom stereocenters. The molecule has 21 heavy (non-hydrogen) atoms. The van der Waals surface area contributed by atoms with Crippen LogP contribution in [0.5, 0.6) is 11.5 Å². The van der Waals surface area contributed by atoms with Crippen molar-refractivity contribution in [2.45, 2.75) is 26.9 Å². The molecule has 2 rings (SSSR count). The predicted octanol–water partition coefficient (Wildman–Crippen LogP) is 4.27. The fourth-order valence-electron chi connectivity index (χ4n) is 2.00. The highest BCUT2D eigenvalue weighted by molar-refractivity contribution is 5.46. The molecule has 0 aliphatic rings. The summed E-state index contributed by atoms with van der Waals surface area (Å²) in [5, 5.41) is 3.33. The van der Waals surface area contributed by atoms with E-state index in [4.69, 9.17) is 9.47 Å². The molecular weight excluding hydrogens is 262 g/mol. The molecule has 0 spiro atoms. The Morgan fingerprint density at radius 1 is 1.00 bits per heavy atom. The Hall–Kier alpha value is -2.16. The highest BCUT2D eigenvalue weighted by Gasteiger charge is 1.99. The monoisotopic (exact) mass is 285 g/mol. The van der Waals surface area contributed by atoms with Gasteiger partial charge in [0.2, 0.25) is 0 Å². The van der Waals surface area contributed by atoms with Gasteiger partial charge in [-0.25, -0.2) is 0 Å². The van der Waals surface area contributed by atoms with Gasteiger partial charge < -0.3 is 14.8 Å². The molecule has 2 aromatic carbocycles. The van der Waals surface area contributed by atoms with Crippen LogP contribution in [0.2, 0.25) is 0 Å². The average molecular weight is 285 g/mol. The van der Waals surface area contributed by atoms with Crippen molar-refractivity contribution in [3.05, 3.63) is 54.1 Å². The molecule has 0 saturated carbocycles. The lowest BCUT2D eigenvalue weighted by Gasteiger charge is -2.12. The van der Waals surface area contributed by atoms with Gasteiger partial charge in [0.05, 0.1) is 6.10 Å². The normalized spacial score (nSPS) is 10.5. The van der Waals surface area contributed by atoms with Crippen LogP contribution < -0.4 is 14.8 Å². The molecule has 0 fully saturated rings. The summed E-state index contributed by atoms with van der Waals surface area (Å²) in [6.45, 7) is 7.49. The summed E-state index contributed by atoms with van der Waals surface area (Å²) in [5.41, 5.74) is 2.23. The van der Waals surface area contributed by atoms with E-state index in [-0.39, 0.29) is 6.10 Å². The topological polar surface area (TPSA) is 30.5 Å². The maximum atomic E-state index is 5.75. The van der Waals surface area contributed by atoms with Crippen molar-refractivity contribution < 1.29 is 9.47 Å². The van der Waals surface area contributed by atoms with Crippen molar-refractivity contribution in [1.82, 2.24) is 0 Å². The number of ether oxygens (including phenoxy) is 2. The third kappa shape index (κ3) is 5.03. The summed E-state index contributed by atoms with van der Waals surface area (Å²) in [6, 6.07) is 16.0. The highest BCUT2D eigenvalue weighted by atomic mass is 16.5. The summed E-state index contributed by atoms with van der Waals surface area (Å²) in [6.07, 6.45) is 0.200. The highest BCUT2D eigenvalue weighted by Crippen LogP contribution is 2.17. The molecule has 0 aliphatic carbocycles. The Morgan fingerprint density at radius 3 is 2.38 bits per heavy atom. The van der Waals surface area contributed by atoms with Crippen LogP contribution in [-0.2, 0) is 0 Å². The van der Waals surface area contributed by atoms with Crippen molar-refractivity contribution >= 4 is 5.69 Å². The minimum absolute atomic E-state index is 0.200. The maximum Gasteiger partial charge on any atom is 0.122 e. The number of anilines is 1. The second kappa shape index (κ2) is 7.58. The van der Waals surface area contributed by atoms with E-state index in [9.17, 15) is 0 Å². The first-order valence-electron chi connectivity index (χ1n) is 7.34. The number of benzene rings is 2. The SMILES string of the molecule is Cc1ccccc1OCCNc1ccc(OC(C)C)cc1. The fourth-order valence-corrected chi connectivity index (χ4v) is 2.00. The number of para-hydroxylation sites is 1. The zero-order chi connectivity index (χ0) is 15.1. The van der Waals surface area contributed by atoms with Crippen molar-refractivity contribution in [1.29, 1.82) is 0 Å². The quantitative estimate of drug-likeness (QED) is 0.770. The van der Waals surface area contributed by atoms with Gasteiger partial charge in [-0.1, -0.05) is 18.2 Å². The zero-order valence-corrected chi connectivity index (χ0v) is 12.9. The van der Waals surface area contributed by atoms with Crippen LogP contribution in [0.1, 0.15) is 19.4 Å². The Labute approximate surface area is 126 Å². The van der Waals surface area contributed by atoms with E-state index in [2.05, 4.69) is 18.3 Å². The van der Waals surface area contributed by atoms with Crippen molar-refractivity contribution in [3.63, 3.8) is 0 Å². The molecule has 0 aromatic heterocycles. The van der Waals surface area contributed by atoms with Crippen molar-refractivity contribution in [3.8, 4) is 11.5 Å². The number of aryl methyl sites for hydroxylation is 1. The van der Waals surface area contributed by atoms with Crippen LogP contribution in [0.25, 0.3) is 0 Å². The van der Waals surface area contributed by atoms with Gasteiger partial charge in [-0.05, 0) is 56.7 Å². The van der Waals surface area contributed by atoms with Gasteiger partial charge >= 0.3 is 0 Å². The van der Waals surface area contributed by atoms with Crippen LogP contribution in [0, 0.1) is 6.92 Å². The first-order valence-corrected chi connectivity index (χ1v) is 7.34. The smallest absolute Gasteiger partial charge is 0.122 e. The second-order valence-corrected chi connectivity index (χ2v) is 5.23. The van der Waals surface area contributed by atoms with E-state index in [0.717, 1.165) is 29.3 Å². The summed E-state index contributed by atoms with van der Waals surface area (Å²) in [7, 11) is 0. The summed E-state index contributed by atoms with van der Waals surface area (Å²) in [4.78, 5) is 0. The Balaban J connectivity index is 1.75. The largest absolute Gasteiger partial charge is 0.491 e. The van der Waals surface area contributed by atoms with Gasteiger partial charge in [0.15, 0.2) is 0 Å². The molecule has 0 amide bonds. The van der Waals surface area contributed by atoms with Gasteiger partial charge in [0.1, 0.15) is 18.1 Å². The Kier molecular flexibility index (Phi) is 5.50. The first-order chi connectivity index (χ1) is 10.1. The van der Waals surface area contributed by atoms with Crippen LogP contribution in [0.3, 0.4) is 0 Å². The van der Waals surface area contributed by atoms with Crippen LogP contribution in [0.15, 0.2) is 48.5 Å². The zero-order valence-electron chi connectivity index (χ0n) is 12.9. The molecule has 0 aliphatic heterocycles. The Morgan fingerprint density at radius 2 is 1.71 bits per heavy atom. The lowest BCUT2D eigenvalue weighted by atomic mass is 10.2. The molecule has 2 aromatic rings. The first kappa shape index (κ1) is 15.2. The van der Waals surface area contributed by atoms with Gasteiger partial charge in [0.25, 0.3) is 0 Å². The number of hydrogen-bond donors (Lipinski definition) is 1. The molecule has 0 bridgehead atoms. The van der Waals surface area contributed by atoms with E-state index in [0.29, 0.717) is 6.61 Å². The van der Waals surface area contributed by atoms with E-state index in [1.165, 1.54) is 0 Å². The Bertz CT molecular complexity index is 549. The standard InChI is InChI=1S/C18H23NO2/c1-14(2)21-17-10-8-16(9-11-17)19-12-13-20-18-7-5-4-6-15(18)3/h4-11,14,19H,12-13H2,1-3H3. The third-order valence-corrected chi connectivity index (χ3v) is 3.01. The van der Waals surface area contributed by atoms with Crippen molar-refractivity contribution in [2.24, 2.45) is 0 Å². The molecule has 1 N–H and O–H groups in total. The minimum Gasteiger partial charge on any atom is -0.491 e. The van der Waals surface area contributed by atoms with E-state index in [1.54, 1.807) is 0 Å². The van der Waals surface area contributed by atoms with Gasteiger partial charge in [-0.3, -0.25) is 0 Å². The second-order valence-electron chi connectivity index (χ2n) is 5.23. The number of nitrogens with one attached hydrogen (secondary N) is 1. The van der Waals surface area contributed by atoms with Crippen LogP contribution >= 0.6 is 0 Å². The summed E-state index contributed by atoms with van der Waals surface area (Å²) in [5.74, 6) is 1.84. The number of rotatable bonds is 7. The van der Waals surface area contributed by atoms with E-state index in [1.807, 2.05) is 56.3 Å². The molecule has 3 heteroatoms. The van der Waals surface area contributed by atoms with E-state index >= 15 is 0 Å². The molecule has 0 radical (unpaired) electrons. The molecular formula is C18H23NO2. The van der Waals surface area contributed by atoms with Gasteiger partial charge in [-0.15, -0.1) is 0 Å². The minimum atomic E-state index is 0.200. The average Bonchev–Trinajstić information content (AvgIpc) is 2.46. The van der Waals surface area contributed by atoms with Gasteiger partial charge in [0, 0.05) is 12.2 Å². The lowest BCUT2D eigenvalue weighted by molar-refractivity contribution is 0.242.